The third-order valence-corrected chi connectivity index (χ3v) is 6.74. The summed E-state index contributed by atoms with van der Waals surface area (Å²) in [5.41, 5.74) is 1.42. The van der Waals surface area contributed by atoms with Crippen molar-refractivity contribution < 1.29 is 14.1 Å². The number of anilines is 1. The van der Waals surface area contributed by atoms with Crippen LogP contribution in [0.4, 0.5) is 5.69 Å². The van der Waals surface area contributed by atoms with Gasteiger partial charge in [0.25, 0.3) is 0 Å². The van der Waals surface area contributed by atoms with Crippen LogP contribution in [0.2, 0.25) is 4.34 Å². The number of benzene rings is 1. The fourth-order valence-electron chi connectivity index (χ4n) is 3.69. The Morgan fingerprint density at radius 2 is 2.06 bits per heavy atom. The van der Waals surface area contributed by atoms with Crippen LogP contribution in [-0.4, -0.2) is 35.1 Å². The van der Waals surface area contributed by atoms with E-state index in [0.29, 0.717) is 27.6 Å². The molecule has 4 rings (SSSR count). The Balaban J connectivity index is 0.00000289. The highest BCUT2D eigenvalue weighted by Crippen LogP contribution is 2.31. The van der Waals surface area contributed by atoms with E-state index in [9.17, 15) is 4.79 Å². The summed E-state index contributed by atoms with van der Waals surface area (Å²) < 4.78 is 11.9. The SMILES string of the molecule is CC(C)N1CCC(C(=O)Nc2cccc(OCc3cc(-c4ccc(Cl)s4)on3)c2)CC1.Cl. The topological polar surface area (TPSA) is 67.6 Å². The number of likely N-dealkylation sites (tertiary alicyclic amines) is 1. The minimum atomic E-state index is 0. The molecule has 0 atom stereocenters. The number of ether oxygens (including phenoxy) is 1. The molecule has 1 aliphatic rings. The number of piperidine rings is 1. The first kappa shape index (κ1) is 24.6. The lowest BCUT2D eigenvalue weighted by atomic mass is 9.95. The first-order valence-electron chi connectivity index (χ1n) is 10.5. The van der Waals surface area contributed by atoms with Crippen molar-refractivity contribution in [1.29, 1.82) is 0 Å². The molecule has 0 spiro atoms. The van der Waals surface area contributed by atoms with Crippen molar-refractivity contribution in [2.24, 2.45) is 5.92 Å². The van der Waals surface area contributed by atoms with Gasteiger partial charge in [0, 0.05) is 29.8 Å². The third kappa shape index (κ3) is 6.25. The number of hydrogen-bond donors (Lipinski definition) is 1. The fourth-order valence-corrected chi connectivity index (χ4v) is 4.68. The van der Waals surface area contributed by atoms with Gasteiger partial charge in [-0.25, -0.2) is 0 Å². The highest BCUT2D eigenvalue weighted by atomic mass is 35.5. The smallest absolute Gasteiger partial charge is 0.227 e. The number of carbonyl (C=O) groups is 1. The second-order valence-electron chi connectivity index (χ2n) is 8.00. The van der Waals surface area contributed by atoms with Gasteiger partial charge in [0.15, 0.2) is 5.76 Å². The summed E-state index contributed by atoms with van der Waals surface area (Å²) in [4.78, 5) is 16.0. The van der Waals surface area contributed by atoms with Crippen LogP contribution in [0.25, 0.3) is 10.6 Å². The molecule has 0 saturated carbocycles. The van der Waals surface area contributed by atoms with E-state index in [4.69, 9.17) is 20.9 Å². The van der Waals surface area contributed by atoms with Gasteiger partial charge < -0.3 is 19.5 Å². The molecule has 1 saturated heterocycles. The summed E-state index contributed by atoms with van der Waals surface area (Å²) in [5.74, 6) is 1.46. The summed E-state index contributed by atoms with van der Waals surface area (Å²) in [6.45, 7) is 6.60. The summed E-state index contributed by atoms with van der Waals surface area (Å²) in [7, 11) is 0. The van der Waals surface area contributed by atoms with E-state index in [2.05, 4.69) is 29.2 Å². The van der Waals surface area contributed by atoms with Crippen molar-refractivity contribution in [1.82, 2.24) is 10.1 Å². The van der Waals surface area contributed by atoms with E-state index in [1.807, 2.05) is 42.5 Å². The van der Waals surface area contributed by atoms with Gasteiger partial charge in [-0.15, -0.1) is 23.7 Å². The van der Waals surface area contributed by atoms with Crippen LogP contribution in [0.1, 0.15) is 32.4 Å². The molecule has 0 aliphatic carbocycles. The Labute approximate surface area is 203 Å². The lowest BCUT2D eigenvalue weighted by molar-refractivity contribution is -0.121. The van der Waals surface area contributed by atoms with Crippen molar-refractivity contribution in [3.8, 4) is 16.4 Å². The number of rotatable bonds is 7. The van der Waals surface area contributed by atoms with Gasteiger partial charge >= 0.3 is 0 Å². The maximum atomic E-state index is 12.7. The number of thiophene rings is 1. The molecular weight excluding hydrogens is 469 g/mol. The molecule has 172 valence electrons. The lowest BCUT2D eigenvalue weighted by Gasteiger charge is -2.33. The van der Waals surface area contributed by atoms with Crippen LogP contribution in [0.3, 0.4) is 0 Å². The minimum Gasteiger partial charge on any atom is -0.487 e. The van der Waals surface area contributed by atoms with Crippen LogP contribution in [0.15, 0.2) is 47.0 Å². The van der Waals surface area contributed by atoms with Crippen molar-refractivity contribution >= 4 is 46.9 Å². The molecule has 0 radical (unpaired) electrons. The van der Waals surface area contributed by atoms with Gasteiger partial charge in [-0.05, 0) is 64.0 Å². The average Bonchev–Trinajstić information content (AvgIpc) is 3.41. The fraction of sp³-hybridized carbons (Fsp3) is 0.391. The average molecular weight is 496 g/mol. The van der Waals surface area contributed by atoms with Crippen LogP contribution < -0.4 is 10.1 Å². The summed E-state index contributed by atoms with van der Waals surface area (Å²) in [6, 6.07) is 13.5. The Kier molecular flexibility index (Phi) is 8.59. The number of carbonyl (C=O) groups excluding carboxylic acids is 1. The zero-order chi connectivity index (χ0) is 21.8. The zero-order valence-electron chi connectivity index (χ0n) is 18.0. The predicted octanol–water partition coefficient (Wildman–Crippen LogP) is 6.12. The molecule has 0 bridgehead atoms. The van der Waals surface area contributed by atoms with Crippen molar-refractivity contribution in [2.45, 2.75) is 39.3 Å². The van der Waals surface area contributed by atoms with Crippen molar-refractivity contribution in [3.05, 3.63) is 52.5 Å². The van der Waals surface area contributed by atoms with Crippen LogP contribution in [0, 0.1) is 5.92 Å². The zero-order valence-corrected chi connectivity index (χ0v) is 20.4. The maximum absolute atomic E-state index is 12.7. The van der Waals surface area contributed by atoms with Crippen molar-refractivity contribution in [3.63, 3.8) is 0 Å². The second-order valence-corrected chi connectivity index (χ2v) is 9.71. The number of halogens is 2. The molecule has 0 unspecified atom stereocenters. The van der Waals surface area contributed by atoms with Gasteiger partial charge in [0.2, 0.25) is 5.91 Å². The standard InChI is InChI=1S/C23H26ClN3O3S.ClH/c1-15(2)27-10-8-16(9-11-27)23(28)25-17-4-3-5-19(12-17)29-14-18-13-20(30-26-18)21-6-7-22(24)31-21;/h3-7,12-13,15-16H,8-11,14H2,1-2H3,(H,25,28);1H. The van der Waals surface area contributed by atoms with Crippen LogP contribution in [0.5, 0.6) is 5.75 Å². The Morgan fingerprint density at radius 3 is 2.75 bits per heavy atom. The number of hydrogen-bond acceptors (Lipinski definition) is 6. The highest BCUT2D eigenvalue weighted by Gasteiger charge is 2.26. The van der Waals surface area contributed by atoms with Gasteiger partial charge in [0.05, 0.1) is 9.21 Å². The quantitative estimate of drug-likeness (QED) is 0.427. The second kappa shape index (κ2) is 11.2. The summed E-state index contributed by atoms with van der Waals surface area (Å²) in [6.07, 6.45) is 1.79. The van der Waals surface area contributed by atoms with E-state index in [1.165, 1.54) is 11.3 Å². The maximum Gasteiger partial charge on any atom is 0.227 e. The molecule has 1 amide bonds. The molecule has 1 N–H and O–H groups in total. The summed E-state index contributed by atoms with van der Waals surface area (Å²) in [5, 5.41) is 7.10. The molecule has 1 aliphatic heterocycles. The Hall–Kier alpha value is -2.06. The first-order valence-corrected chi connectivity index (χ1v) is 11.7. The van der Waals surface area contributed by atoms with Crippen LogP contribution in [-0.2, 0) is 11.4 Å². The molecule has 3 aromatic rings. The van der Waals surface area contributed by atoms with E-state index in [1.54, 1.807) is 0 Å². The largest absolute Gasteiger partial charge is 0.487 e. The Bertz CT molecular complexity index is 1030. The van der Waals surface area contributed by atoms with E-state index in [0.717, 1.165) is 36.5 Å². The Morgan fingerprint density at radius 1 is 1.28 bits per heavy atom. The number of nitrogens with zero attached hydrogens (tertiary/aromatic N) is 2. The molecule has 1 fully saturated rings. The van der Waals surface area contributed by atoms with E-state index in [-0.39, 0.29) is 30.8 Å². The minimum absolute atomic E-state index is 0. The van der Waals surface area contributed by atoms with E-state index >= 15 is 0 Å². The molecule has 1 aromatic carbocycles. The molecule has 9 heteroatoms. The molecule has 3 heterocycles. The predicted molar refractivity (Wildman–Crippen MR) is 131 cm³/mol. The molecular formula is C23H27Cl2N3O3S. The number of nitrogens with one attached hydrogen (secondary N) is 1. The van der Waals surface area contributed by atoms with Gasteiger partial charge in [-0.2, -0.15) is 0 Å². The molecule has 32 heavy (non-hydrogen) atoms. The van der Waals surface area contributed by atoms with E-state index < -0.39 is 0 Å². The number of amides is 1. The lowest BCUT2D eigenvalue weighted by Crippen LogP contribution is -2.41. The molecule has 6 nitrogen and oxygen atoms in total. The molecule has 2 aromatic heterocycles. The third-order valence-electron chi connectivity index (χ3n) is 5.49. The van der Waals surface area contributed by atoms with Gasteiger partial charge in [0.1, 0.15) is 18.1 Å². The monoisotopic (exact) mass is 495 g/mol. The number of aromatic nitrogens is 1. The first-order chi connectivity index (χ1) is 15.0. The van der Waals surface area contributed by atoms with Crippen molar-refractivity contribution in [2.75, 3.05) is 18.4 Å². The van der Waals surface area contributed by atoms with Gasteiger partial charge in [-0.1, -0.05) is 22.8 Å². The van der Waals surface area contributed by atoms with Gasteiger partial charge in [-0.3, -0.25) is 4.79 Å². The van der Waals surface area contributed by atoms with Crippen LogP contribution >= 0.6 is 35.3 Å². The summed E-state index contributed by atoms with van der Waals surface area (Å²) >= 11 is 7.41. The normalized spacial score (nSPS) is 14.9. The highest BCUT2D eigenvalue weighted by molar-refractivity contribution is 7.19.